The molecule has 3 heterocycles. The Hall–Kier alpha value is -4.41. The van der Waals surface area contributed by atoms with Crippen molar-refractivity contribution in [3.63, 3.8) is 0 Å². The zero-order chi connectivity index (χ0) is 26.5. The number of carbonyl (C=O) groups is 5. The lowest BCUT2D eigenvalue weighted by atomic mass is 9.67. The molecule has 2 fully saturated rings. The third-order valence-corrected chi connectivity index (χ3v) is 7.49. The molecule has 11 heteroatoms. The van der Waals surface area contributed by atoms with Crippen molar-refractivity contribution < 1.29 is 24.0 Å². The lowest BCUT2D eigenvalue weighted by molar-refractivity contribution is -0.161. The SMILES string of the molecule is CC(=O)N1CCN2c3ccc(NC(=O)Nc4ccccc4)cc3CC3(C(=O)N(C)C(=O)N(C)C3=O)[C@H]2C1. The van der Waals surface area contributed by atoms with Crippen LogP contribution in [0.2, 0.25) is 0 Å². The number of imide groups is 2. The molecule has 0 unspecified atom stereocenters. The molecule has 0 aliphatic carbocycles. The van der Waals surface area contributed by atoms with Gasteiger partial charge >= 0.3 is 12.1 Å². The standard InChI is InChI=1S/C26H28N6O5/c1-16(33)31-11-12-32-20-10-9-19(28-24(36)27-18-7-5-4-6-8-18)13-17(20)14-26(21(32)15-31)22(34)29(2)25(37)30(3)23(26)35/h4-10,13,21H,11-12,14-15H2,1-3H3,(H2,27,28,36)/t21-/m1/s1. The highest BCUT2D eigenvalue weighted by molar-refractivity contribution is 6.20. The van der Waals surface area contributed by atoms with Crippen molar-refractivity contribution in [2.45, 2.75) is 19.4 Å². The van der Waals surface area contributed by atoms with Crippen LogP contribution in [0.25, 0.3) is 0 Å². The van der Waals surface area contributed by atoms with Crippen molar-refractivity contribution in [1.29, 1.82) is 0 Å². The summed E-state index contributed by atoms with van der Waals surface area (Å²) in [6.07, 6.45) is 0.0324. The first-order valence-electron chi connectivity index (χ1n) is 12.0. The van der Waals surface area contributed by atoms with E-state index in [4.69, 9.17) is 0 Å². The Morgan fingerprint density at radius 2 is 1.54 bits per heavy atom. The summed E-state index contributed by atoms with van der Waals surface area (Å²) in [5.74, 6) is -1.32. The third kappa shape index (κ3) is 3.87. The zero-order valence-corrected chi connectivity index (χ0v) is 20.9. The Kier molecular flexibility index (Phi) is 5.85. The summed E-state index contributed by atoms with van der Waals surface area (Å²) in [5.41, 5.74) is 1.07. The fourth-order valence-electron chi connectivity index (χ4n) is 5.62. The van der Waals surface area contributed by atoms with Gasteiger partial charge in [-0.25, -0.2) is 9.59 Å². The van der Waals surface area contributed by atoms with Gasteiger partial charge < -0.3 is 20.4 Å². The van der Waals surface area contributed by atoms with Gasteiger partial charge in [-0.05, 0) is 42.3 Å². The molecule has 0 aromatic heterocycles. The van der Waals surface area contributed by atoms with Crippen LogP contribution in [0.15, 0.2) is 48.5 Å². The van der Waals surface area contributed by atoms with E-state index in [-0.39, 0.29) is 18.9 Å². The molecule has 3 aliphatic rings. The Bertz CT molecular complexity index is 1290. The largest absolute Gasteiger partial charge is 0.363 e. The van der Waals surface area contributed by atoms with Crippen LogP contribution in [-0.2, 0) is 20.8 Å². The van der Waals surface area contributed by atoms with Crippen molar-refractivity contribution in [3.8, 4) is 0 Å². The molecule has 3 aliphatic heterocycles. The zero-order valence-electron chi connectivity index (χ0n) is 20.9. The van der Waals surface area contributed by atoms with Crippen LogP contribution in [0.3, 0.4) is 0 Å². The Balaban J connectivity index is 1.52. The third-order valence-electron chi connectivity index (χ3n) is 7.49. The number of para-hydroxylation sites is 1. The predicted molar refractivity (Wildman–Crippen MR) is 136 cm³/mol. The van der Waals surface area contributed by atoms with Crippen molar-refractivity contribution in [2.24, 2.45) is 5.41 Å². The van der Waals surface area contributed by atoms with Crippen molar-refractivity contribution in [2.75, 3.05) is 49.3 Å². The van der Waals surface area contributed by atoms with Gasteiger partial charge in [0.05, 0.1) is 6.04 Å². The van der Waals surface area contributed by atoms with E-state index in [2.05, 4.69) is 10.6 Å². The monoisotopic (exact) mass is 504 g/mol. The Morgan fingerprint density at radius 1 is 0.892 bits per heavy atom. The van der Waals surface area contributed by atoms with Gasteiger partial charge in [-0.1, -0.05) is 18.2 Å². The number of rotatable bonds is 2. The molecule has 192 valence electrons. The van der Waals surface area contributed by atoms with Gasteiger partial charge in [-0.15, -0.1) is 0 Å². The minimum absolute atomic E-state index is 0.0324. The molecule has 1 atom stereocenters. The number of barbiturate groups is 1. The van der Waals surface area contributed by atoms with Gasteiger partial charge in [0.25, 0.3) is 0 Å². The van der Waals surface area contributed by atoms with Gasteiger partial charge in [-0.2, -0.15) is 0 Å². The molecule has 2 aromatic carbocycles. The summed E-state index contributed by atoms with van der Waals surface area (Å²) in [5, 5.41) is 5.57. The first-order valence-corrected chi connectivity index (χ1v) is 12.0. The van der Waals surface area contributed by atoms with Crippen molar-refractivity contribution in [3.05, 3.63) is 54.1 Å². The average molecular weight is 505 g/mol. The smallest absolute Gasteiger partial charge is 0.332 e. The second-order valence-corrected chi connectivity index (χ2v) is 9.62. The van der Waals surface area contributed by atoms with E-state index >= 15 is 0 Å². The second-order valence-electron chi connectivity index (χ2n) is 9.62. The maximum Gasteiger partial charge on any atom is 0.332 e. The molecule has 0 saturated carbocycles. The number of carbonyl (C=O) groups excluding carboxylic acids is 5. The molecule has 2 N–H and O–H groups in total. The molecule has 0 radical (unpaired) electrons. The molecule has 37 heavy (non-hydrogen) atoms. The maximum absolute atomic E-state index is 13.7. The number of amides is 7. The molecular weight excluding hydrogens is 476 g/mol. The van der Waals surface area contributed by atoms with Gasteiger partial charge in [0.2, 0.25) is 17.7 Å². The first kappa shape index (κ1) is 24.3. The van der Waals surface area contributed by atoms with E-state index in [1.54, 1.807) is 29.2 Å². The van der Waals surface area contributed by atoms with E-state index in [0.717, 1.165) is 15.5 Å². The lowest BCUT2D eigenvalue weighted by Crippen LogP contribution is -2.74. The van der Waals surface area contributed by atoms with Gasteiger partial charge in [0, 0.05) is 57.7 Å². The molecule has 1 spiro atoms. The average Bonchev–Trinajstić information content (AvgIpc) is 2.89. The van der Waals surface area contributed by atoms with Crippen LogP contribution < -0.4 is 15.5 Å². The number of piperazine rings is 1. The number of fused-ring (bicyclic) bond motifs is 4. The summed E-state index contributed by atoms with van der Waals surface area (Å²) in [6, 6.07) is 12.6. The Morgan fingerprint density at radius 3 is 2.19 bits per heavy atom. The molecule has 2 saturated heterocycles. The summed E-state index contributed by atoms with van der Waals surface area (Å²) in [7, 11) is 2.74. The molecule has 11 nitrogen and oxygen atoms in total. The summed E-state index contributed by atoms with van der Waals surface area (Å²) in [6.45, 7) is 2.50. The van der Waals surface area contributed by atoms with E-state index in [1.807, 2.05) is 29.2 Å². The highest BCUT2D eigenvalue weighted by atomic mass is 16.2. The number of urea groups is 2. The minimum atomic E-state index is -1.59. The number of anilines is 3. The normalized spacial score (nSPS) is 20.5. The van der Waals surface area contributed by atoms with Crippen molar-refractivity contribution >= 4 is 46.8 Å². The summed E-state index contributed by atoms with van der Waals surface area (Å²) in [4.78, 5) is 70.4. The number of nitrogens with one attached hydrogen (secondary N) is 2. The van der Waals surface area contributed by atoms with Crippen LogP contribution in [0.1, 0.15) is 12.5 Å². The Labute approximate surface area is 214 Å². The summed E-state index contributed by atoms with van der Waals surface area (Å²) < 4.78 is 0. The molecular formula is C26H28N6O5. The number of hydrogen-bond donors (Lipinski definition) is 2. The summed E-state index contributed by atoms with van der Waals surface area (Å²) >= 11 is 0. The van der Waals surface area contributed by atoms with E-state index in [0.29, 0.717) is 30.0 Å². The number of benzene rings is 2. The first-order chi connectivity index (χ1) is 17.6. The topological polar surface area (TPSA) is 122 Å². The number of nitrogens with zero attached hydrogens (tertiary/aromatic N) is 4. The van der Waals surface area contributed by atoms with E-state index in [9.17, 15) is 24.0 Å². The van der Waals surface area contributed by atoms with Gasteiger partial charge in [0.1, 0.15) is 0 Å². The van der Waals surface area contributed by atoms with Crippen LogP contribution in [0, 0.1) is 5.41 Å². The highest BCUT2D eigenvalue weighted by Gasteiger charge is 2.64. The van der Waals surface area contributed by atoms with E-state index < -0.39 is 35.3 Å². The van der Waals surface area contributed by atoms with Crippen molar-refractivity contribution in [1.82, 2.24) is 14.7 Å². The maximum atomic E-state index is 13.7. The fraction of sp³-hybridized carbons (Fsp3) is 0.346. The molecule has 0 bridgehead atoms. The second kappa shape index (κ2) is 8.91. The van der Waals surface area contributed by atoms with Crippen LogP contribution in [-0.4, -0.2) is 84.3 Å². The molecule has 7 amide bonds. The van der Waals surface area contributed by atoms with Gasteiger partial charge in [0.15, 0.2) is 5.41 Å². The van der Waals surface area contributed by atoms with Crippen LogP contribution >= 0.6 is 0 Å². The minimum Gasteiger partial charge on any atom is -0.363 e. The molecule has 5 rings (SSSR count). The quantitative estimate of drug-likeness (QED) is 0.603. The van der Waals surface area contributed by atoms with E-state index in [1.165, 1.54) is 21.0 Å². The fourth-order valence-corrected chi connectivity index (χ4v) is 5.62. The number of hydrogen-bond acceptors (Lipinski definition) is 6. The van der Waals surface area contributed by atoms with Crippen LogP contribution in [0.5, 0.6) is 0 Å². The van der Waals surface area contributed by atoms with Gasteiger partial charge in [-0.3, -0.25) is 24.2 Å². The highest BCUT2D eigenvalue weighted by Crippen LogP contribution is 2.47. The molecule has 2 aromatic rings. The van der Waals surface area contributed by atoms with Crippen LogP contribution in [0.4, 0.5) is 26.7 Å². The lowest BCUT2D eigenvalue weighted by Gasteiger charge is -2.56. The predicted octanol–water partition coefficient (Wildman–Crippen LogP) is 1.96.